The monoisotopic (exact) mass is 502 g/mol. The largest absolute Gasteiger partial charge is 0.459 e. The Balaban J connectivity index is 1.33. The van der Waals surface area contributed by atoms with E-state index in [0.717, 1.165) is 44.5 Å². The van der Waals surface area contributed by atoms with E-state index < -0.39 is 0 Å². The average Bonchev–Trinajstić information content (AvgIpc) is 3.60. The van der Waals surface area contributed by atoms with E-state index in [1.54, 1.807) is 24.3 Å². The Kier molecular flexibility index (Phi) is 9.35. The Bertz CT molecular complexity index is 1180. The fourth-order valence-corrected chi connectivity index (χ4v) is 4.37. The van der Waals surface area contributed by atoms with E-state index in [2.05, 4.69) is 28.1 Å². The maximum absolute atomic E-state index is 12.8. The van der Waals surface area contributed by atoms with Crippen LogP contribution in [0.15, 0.2) is 71.3 Å². The lowest BCUT2D eigenvalue weighted by molar-refractivity contribution is -0.127. The molecule has 1 aliphatic heterocycles. The third-order valence-electron chi connectivity index (χ3n) is 6.39. The standard InChI is InChI=1S/C29H34N4O4/c34-27-13-6-18-33(27)19-8-17-31-28(35)23-14-15-24(25(21-23)32-29(36)26-12-7-20-37-26)30-16-5-4-11-22-9-2-1-3-10-22/h1-3,7,9-10,12,14-15,20-21,30H,4-6,8,11,13,16-19H2,(H,31,35)(H,32,36). The second-order valence-corrected chi connectivity index (χ2v) is 9.16. The van der Waals surface area contributed by atoms with Crippen molar-refractivity contribution in [1.29, 1.82) is 0 Å². The van der Waals surface area contributed by atoms with Gasteiger partial charge in [-0.05, 0) is 68.0 Å². The molecule has 8 heteroatoms. The summed E-state index contributed by atoms with van der Waals surface area (Å²) in [6.45, 7) is 2.65. The van der Waals surface area contributed by atoms with Crippen LogP contribution in [0.3, 0.4) is 0 Å². The van der Waals surface area contributed by atoms with Gasteiger partial charge in [0.05, 0.1) is 17.6 Å². The summed E-state index contributed by atoms with van der Waals surface area (Å²) in [7, 11) is 0. The molecule has 8 nitrogen and oxygen atoms in total. The lowest BCUT2D eigenvalue weighted by Gasteiger charge is -2.16. The SMILES string of the molecule is O=C(NCCCN1CCCC1=O)c1ccc(NCCCCc2ccccc2)c(NC(=O)c2ccco2)c1. The predicted molar refractivity (Wildman–Crippen MR) is 144 cm³/mol. The number of benzene rings is 2. The normalized spacial score (nSPS) is 13.0. The highest BCUT2D eigenvalue weighted by Gasteiger charge is 2.19. The smallest absolute Gasteiger partial charge is 0.291 e. The first-order chi connectivity index (χ1) is 18.1. The van der Waals surface area contributed by atoms with Crippen molar-refractivity contribution in [2.45, 2.75) is 38.5 Å². The van der Waals surface area contributed by atoms with Crippen molar-refractivity contribution in [2.75, 3.05) is 36.8 Å². The van der Waals surface area contributed by atoms with Crippen LogP contribution >= 0.6 is 0 Å². The Hall–Kier alpha value is -4.07. The van der Waals surface area contributed by atoms with Crippen molar-refractivity contribution >= 4 is 29.1 Å². The number of carbonyl (C=O) groups excluding carboxylic acids is 3. The molecule has 1 fully saturated rings. The lowest BCUT2D eigenvalue weighted by Crippen LogP contribution is -2.30. The van der Waals surface area contributed by atoms with E-state index >= 15 is 0 Å². The maximum Gasteiger partial charge on any atom is 0.291 e. The van der Waals surface area contributed by atoms with Crippen LogP contribution in [0, 0.1) is 0 Å². The molecule has 37 heavy (non-hydrogen) atoms. The van der Waals surface area contributed by atoms with E-state index in [-0.39, 0.29) is 23.5 Å². The van der Waals surface area contributed by atoms with Gasteiger partial charge in [0.15, 0.2) is 5.76 Å². The van der Waals surface area contributed by atoms with Crippen LogP contribution in [0.5, 0.6) is 0 Å². The molecule has 0 atom stereocenters. The number of carbonyl (C=O) groups is 3. The summed E-state index contributed by atoms with van der Waals surface area (Å²) in [4.78, 5) is 39.0. The van der Waals surface area contributed by atoms with Crippen LogP contribution in [-0.4, -0.2) is 48.8 Å². The lowest BCUT2D eigenvalue weighted by atomic mass is 10.1. The molecule has 1 aliphatic rings. The molecule has 3 amide bonds. The Morgan fingerprint density at radius 1 is 0.892 bits per heavy atom. The van der Waals surface area contributed by atoms with Gasteiger partial charge in [0.25, 0.3) is 11.8 Å². The van der Waals surface area contributed by atoms with Crippen LogP contribution < -0.4 is 16.0 Å². The van der Waals surface area contributed by atoms with Crippen molar-refractivity contribution in [2.24, 2.45) is 0 Å². The molecule has 2 aromatic carbocycles. The number of amides is 3. The molecule has 0 radical (unpaired) electrons. The molecule has 0 spiro atoms. The van der Waals surface area contributed by atoms with Gasteiger partial charge >= 0.3 is 0 Å². The summed E-state index contributed by atoms with van der Waals surface area (Å²) < 4.78 is 5.22. The third-order valence-corrected chi connectivity index (χ3v) is 6.39. The van der Waals surface area contributed by atoms with Crippen molar-refractivity contribution in [3.05, 3.63) is 83.8 Å². The molecular formula is C29H34N4O4. The summed E-state index contributed by atoms with van der Waals surface area (Å²) in [6.07, 6.45) is 6.67. The molecule has 3 aromatic rings. The number of likely N-dealkylation sites (tertiary alicyclic amines) is 1. The molecule has 0 saturated carbocycles. The summed E-state index contributed by atoms with van der Waals surface area (Å²) in [5.74, 6) is -0.229. The molecule has 2 heterocycles. The summed E-state index contributed by atoms with van der Waals surface area (Å²) in [5.41, 5.74) is 3.02. The van der Waals surface area contributed by atoms with Crippen molar-refractivity contribution in [3.63, 3.8) is 0 Å². The molecule has 4 rings (SSSR count). The zero-order valence-corrected chi connectivity index (χ0v) is 21.0. The van der Waals surface area contributed by atoms with Crippen molar-refractivity contribution in [1.82, 2.24) is 10.2 Å². The quantitative estimate of drug-likeness (QED) is 0.294. The number of furan rings is 1. The first-order valence-electron chi connectivity index (χ1n) is 12.9. The number of unbranched alkanes of at least 4 members (excludes halogenated alkanes) is 1. The highest BCUT2D eigenvalue weighted by atomic mass is 16.3. The first-order valence-corrected chi connectivity index (χ1v) is 12.9. The molecular weight excluding hydrogens is 468 g/mol. The number of nitrogens with one attached hydrogen (secondary N) is 3. The topological polar surface area (TPSA) is 104 Å². The second-order valence-electron chi connectivity index (χ2n) is 9.16. The van der Waals surface area contributed by atoms with Gasteiger partial charge < -0.3 is 25.3 Å². The number of nitrogens with zero attached hydrogens (tertiary/aromatic N) is 1. The molecule has 0 bridgehead atoms. The van der Waals surface area contributed by atoms with Crippen molar-refractivity contribution in [3.8, 4) is 0 Å². The van der Waals surface area contributed by atoms with E-state index in [4.69, 9.17) is 4.42 Å². The minimum absolute atomic E-state index is 0.187. The van der Waals surface area contributed by atoms with Gasteiger partial charge in [0, 0.05) is 38.2 Å². The number of rotatable bonds is 13. The van der Waals surface area contributed by atoms with Crippen LogP contribution in [0.2, 0.25) is 0 Å². The Morgan fingerprint density at radius 2 is 1.76 bits per heavy atom. The molecule has 3 N–H and O–H groups in total. The minimum Gasteiger partial charge on any atom is -0.459 e. The van der Waals surface area contributed by atoms with Crippen LogP contribution in [0.25, 0.3) is 0 Å². The van der Waals surface area contributed by atoms with Gasteiger partial charge in [-0.3, -0.25) is 14.4 Å². The molecule has 0 aliphatic carbocycles. The minimum atomic E-state index is -0.384. The van der Waals surface area contributed by atoms with Gasteiger partial charge in [-0.2, -0.15) is 0 Å². The van der Waals surface area contributed by atoms with Crippen LogP contribution in [0.4, 0.5) is 11.4 Å². The Labute approximate surface area is 217 Å². The van der Waals surface area contributed by atoms with Crippen LogP contribution in [-0.2, 0) is 11.2 Å². The number of aryl methyl sites for hydroxylation is 1. The zero-order valence-electron chi connectivity index (χ0n) is 21.0. The average molecular weight is 503 g/mol. The van der Waals surface area contributed by atoms with E-state index in [1.807, 2.05) is 29.2 Å². The van der Waals surface area contributed by atoms with Crippen molar-refractivity contribution < 1.29 is 18.8 Å². The summed E-state index contributed by atoms with van der Waals surface area (Å²) in [6, 6.07) is 18.9. The summed E-state index contributed by atoms with van der Waals surface area (Å²) in [5, 5.41) is 9.17. The molecule has 194 valence electrons. The zero-order chi connectivity index (χ0) is 25.9. The number of hydrogen-bond donors (Lipinski definition) is 3. The van der Waals surface area contributed by atoms with Gasteiger partial charge in [0.2, 0.25) is 5.91 Å². The number of hydrogen-bond acceptors (Lipinski definition) is 5. The highest BCUT2D eigenvalue weighted by Crippen LogP contribution is 2.25. The maximum atomic E-state index is 12.8. The van der Waals surface area contributed by atoms with Gasteiger partial charge in [-0.25, -0.2) is 0 Å². The highest BCUT2D eigenvalue weighted by molar-refractivity contribution is 6.05. The van der Waals surface area contributed by atoms with Gasteiger partial charge in [0.1, 0.15) is 0 Å². The second kappa shape index (κ2) is 13.3. The van der Waals surface area contributed by atoms with Gasteiger partial charge in [-0.15, -0.1) is 0 Å². The molecule has 0 unspecified atom stereocenters. The molecule has 1 aromatic heterocycles. The first kappa shape index (κ1) is 26.0. The Morgan fingerprint density at radius 3 is 2.51 bits per heavy atom. The van der Waals surface area contributed by atoms with E-state index in [1.165, 1.54) is 11.8 Å². The summed E-state index contributed by atoms with van der Waals surface area (Å²) >= 11 is 0. The third kappa shape index (κ3) is 7.70. The fraction of sp³-hybridized carbons (Fsp3) is 0.345. The van der Waals surface area contributed by atoms with E-state index in [0.29, 0.717) is 37.2 Å². The number of anilines is 2. The molecule has 1 saturated heterocycles. The van der Waals surface area contributed by atoms with Gasteiger partial charge in [-0.1, -0.05) is 30.3 Å². The predicted octanol–water partition coefficient (Wildman–Crippen LogP) is 4.71. The fourth-order valence-electron chi connectivity index (χ4n) is 4.37. The van der Waals surface area contributed by atoms with E-state index in [9.17, 15) is 14.4 Å². The van der Waals surface area contributed by atoms with Crippen LogP contribution in [0.1, 0.15) is 58.6 Å².